The molecule has 0 saturated carbocycles. The summed E-state index contributed by atoms with van der Waals surface area (Å²) in [6.45, 7) is 3.79. The van der Waals surface area contributed by atoms with Crippen molar-refractivity contribution in [3.05, 3.63) is 41.7 Å². The van der Waals surface area contributed by atoms with Crippen molar-refractivity contribution in [3.63, 3.8) is 0 Å². The van der Waals surface area contributed by atoms with Crippen molar-refractivity contribution in [1.82, 2.24) is 14.9 Å². The van der Waals surface area contributed by atoms with E-state index < -0.39 is 12.7 Å². The zero-order chi connectivity index (χ0) is 25.1. The van der Waals surface area contributed by atoms with Crippen LogP contribution in [-0.4, -0.2) is 85.3 Å². The Hall–Kier alpha value is -2.92. The van der Waals surface area contributed by atoms with Gasteiger partial charge in [-0.2, -0.15) is 13.2 Å². The van der Waals surface area contributed by atoms with Crippen molar-refractivity contribution in [2.45, 2.75) is 25.6 Å². The normalized spacial score (nSPS) is 21.0. The number of aliphatic hydroxyl groups is 1. The van der Waals surface area contributed by atoms with Crippen molar-refractivity contribution < 1.29 is 18.3 Å². The van der Waals surface area contributed by atoms with E-state index in [1.54, 1.807) is 0 Å². The van der Waals surface area contributed by atoms with E-state index in [9.17, 15) is 13.2 Å². The van der Waals surface area contributed by atoms with Crippen LogP contribution in [0.1, 0.15) is 24.0 Å². The maximum Gasteiger partial charge on any atom is 0.407 e. The van der Waals surface area contributed by atoms with Crippen LogP contribution in [-0.2, 0) is 6.54 Å². The van der Waals surface area contributed by atoms with Gasteiger partial charge in [0.05, 0.1) is 12.2 Å². The maximum absolute atomic E-state index is 12.5. The molecule has 2 aliphatic heterocycles. The number of aromatic nitrogens is 2. The van der Waals surface area contributed by atoms with Gasteiger partial charge in [-0.25, -0.2) is 9.97 Å². The van der Waals surface area contributed by atoms with Gasteiger partial charge in [-0.3, -0.25) is 9.89 Å². The number of nitrogens with zero attached hydrogens (tertiary/aromatic N) is 6. The molecule has 11 heteroatoms. The topological polar surface area (TPSA) is 94.1 Å². The number of hydrogen-bond donors (Lipinski definition) is 2. The lowest BCUT2D eigenvalue weighted by Crippen LogP contribution is -2.31. The summed E-state index contributed by atoms with van der Waals surface area (Å²) in [4.78, 5) is 18.4. The van der Waals surface area contributed by atoms with Gasteiger partial charge in [0.2, 0.25) is 0 Å². The minimum Gasteiger partial charge on any atom is -0.395 e. The zero-order valence-electron chi connectivity index (χ0n) is 19.9. The molecule has 1 aromatic carbocycles. The lowest BCUT2D eigenvalue weighted by Gasteiger charge is -2.26. The monoisotopic (exact) mass is 491 g/mol. The molecule has 0 bridgehead atoms. The van der Waals surface area contributed by atoms with Crippen LogP contribution >= 0.6 is 0 Å². The third-order valence-corrected chi connectivity index (χ3v) is 6.86. The second-order valence-corrected chi connectivity index (χ2v) is 9.52. The Bertz CT molecular complexity index is 1030. The fourth-order valence-corrected chi connectivity index (χ4v) is 5.02. The Kier molecular flexibility index (Phi) is 7.46. The second-order valence-electron chi connectivity index (χ2n) is 9.52. The van der Waals surface area contributed by atoms with Crippen LogP contribution < -0.4 is 15.5 Å². The predicted octanol–water partition coefficient (Wildman–Crippen LogP) is 2.57. The second kappa shape index (κ2) is 10.4. The summed E-state index contributed by atoms with van der Waals surface area (Å²) in [6.07, 6.45) is 0.156. The molecule has 0 radical (unpaired) electrons. The number of anilines is 3. The summed E-state index contributed by atoms with van der Waals surface area (Å²) >= 11 is 0. The van der Waals surface area contributed by atoms with Crippen LogP contribution in [0.4, 0.5) is 30.5 Å². The van der Waals surface area contributed by atoms with E-state index in [-0.39, 0.29) is 17.8 Å². The van der Waals surface area contributed by atoms with Crippen LogP contribution in [0.5, 0.6) is 0 Å². The Morgan fingerprint density at radius 1 is 1.17 bits per heavy atom. The number of hydrogen-bond acceptors (Lipinski definition) is 8. The highest BCUT2D eigenvalue weighted by Gasteiger charge is 2.44. The number of alkyl halides is 3. The lowest BCUT2D eigenvalue weighted by molar-refractivity contribution is -0.118. The Morgan fingerprint density at radius 3 is 2.63 bits per heavy atom. The number of likely N-dealkylation sites (tertiary alicyclic amines) is 1. The molecule has 2 aliphatic rings. The fraction of sp³-hybridized carbons (Fsp3) is 0.542. The number of aliphatic hydroxyl groups excluding tert-OH is 1. The quantitative estimate of drug-likeness (QED) is 0.548. The van der Waals surface area contributed by atoms with Gasteiger partial charge >= 0.3 is 6.18 Å². The number of nitrogens with two attached hydrogens (primary N) is 1. The molecule has 4 rings (SSSR count). The molecule has 1 spiro atoms. The molecule has 2 aromatic rings. The molecular formula is C24H32F3N7O. The average Bonchev–Trinajstić information content (AvgIpc) is 3.41. The van der Waals surface area contributed by atoms with Gasteiger partial charge in [0.15, 0.2) is 0 Å². The number of benzene rings is 1. The van der Waals surface area contributed by atoms with Crippen LogP contribution in [0.25, 0.3) is 0 Å². The highest BCUT2D eigenvalue weighted by molar-refractivity contribution is 5.92. The third kappa shape index (κ3) is 6.21. The van der Waals surface area contributed by atoms with E-state index in [1.807, 2.05) is 11.9 Å². The van der Waals surface area contributed by atoms with Gasteiger partial charge in [-0.15, -0.1) is 0 Å². The largest absolute Gasteiger partial charge is 0.407 e. The molecule has 0 amide bonds. The van der Waals surface area contributed by atoms with Crippen molar-refractivity contribution in [2.75, 3.05) is 68.5 Å². The summed E-state index contributed by atoms with van der Waals surface area (Å²) in [5.74, 6) is 0.671. The average molecular weight is 492 g/mol. The Balaban J connectivity index is 1.39. The van der Waals surface area contributed by atoms with Gasteiger partial charge in [0.25, 0.3) is 0 Å². The zero-order valence-corrected chi connectivity index (χ0v) is 19.9. The highest BCUT2D eigenvalue weighted by atomic mass is 19.4. The smallest absolute Gasteiger partial charge is 0.395 e. The number of nitrogen functional groups attached to an aromatic ring is 1. The number of likely N-dealkylation sites (N-methyl/N-ethyl adjacent to an activating group) is 1. The number of halogens is 3. The maximum atomic E-state index is 12.5. The molecule has 190 valence electrons. The summed E-state index contributed by atoms with van der Waals surface area (Å²) in [5, 5.41) is 9.12. The fourth-order valence-electron chi connectivity index (χ4n) is 5.02. The molecule has 2 fully saturated rings. The first-order valence-electron chi connectivity index (χ1n) is 11.7. The number of rotatable bonds is 8. The van der Waals surface area contributed by atoms with E-state index in [4.69, 9.17) is 10.8 Å². The van der Waals surface area contributed by atoms with E-state index in [1.165, 1.54) is 11.9 Å². The molecular weight excluding hydrogens is 459 g/mol. The van der Waals surface area contributed by atoms with Gasteiger partial charge in [0.1, 0.15) is 24.5 Å². The minimum atomic E-state index is -4.37. The van der Waals surface area contributed by atoms with Crippen molar-refractivity contribution in [2.24, 2.45) is 10.4 Å². The molecule has 1 aromatic heterocycles. The third-order valence-electron chi connectivity index (χ3n) is 6.86. The van der Waals surface area contributed by atoms with Gasteiger partial charge in [-0.1, -0.05) is 12.1 Å². The summed E-state index contributed by atoms with van der Waals surface area (Å²) in [5.41, 5.74) is 8.73. The van der Waals surface area contributed by atoms with Crippen molar-refractivity contribution in [1.29, 1.82) is 0 Å². The van der Waals surface area contributed by atoms with E-state index in [2.05, 4.69) is 49.0 Å². The Labute approximate surface area is 203 Å². The van der Waals surface area contributed by atoms with Crippen LogP contribution in [0.15, 0.2) is 35.6 Å². The van der Waals surface area contributed by atoms with E-state index >= 15 is 0 Å². The summed E-state index contributed by atoms with van der Waals surface area (Å²) in [6, 6.07) is 8.42. The summed E-state index contributed by atoms with van der Waals surface area (Å²) in [7, 11) is 1.96. The predicted molar refractivity (Wildman–Crippen MR) is 131 cm³/mol. The number of aliphatic imine (C=N–C) groups is 1. The van der Waals surface area contributed by atoms with Crippen LogP contribution in [0, 0.1) is 5.41 Å². The van der Waals surface area contributed by atoms with Crippen molar-refractivity contribution >= 4 is 23.5 Å². The Morgan fingerprint density at radius 2 is 1.91 bits per heavy atom. The highest BCUT2D eigenvalue weighted by Crippen LogP contribution is 2.42. The lowest BCUT2D eigenvalue weighted by atomic mass is 9.86. The molecule has 1 unspecified atom stereocenters. The van der Waals surface area contributed by atoms with Crippen molar-refractivity contribution in [3.8, 4) is 0 Å². The molecule has 35 heavy (non-hydrogen) atoms. The first-order chi connectivity index (χ1) is 16.7. The van der Waals surface area contributed by atoms with Crippen LogP contribution in [0.2, 0.25) is 0 Å². The minimum absolute atomic E-state index is 0.112. The van der Waals surface area contributed by atoms with E-state index in [0.29, 0.717) is 17.9 Å². The van der Waals surface area contributed by atoms with Crippen LogP contribution in [0.3, 0.4) is 0 Å². The molecule has 2 saturated heterocycles. The SMILES string of the molecule is CN(CCO)c1ccc(CN2CCC3(CCN(c4ncnc(N)c4C=NCC(F)(F)F)C3)C2)cc1. The summed E-state index contributed by atoms with van der Waals surface area (Å²) < 4.78 is 37.6. The first kappa shape index (κ1) is 25.2. The van der Waals surface area contributed by atoms with Gasteiger partial charge in [-0.05, 0) is 37.1 Å². The van der Waals surface area contributed by atoms with E-state index in [0.717, 1.165) is 57.5 Å². The molecule has 3 N–H and O–H groups in total. The molecule has 3 heterocycles. The van der Waals surface area contributed by atoms with Gasteiger partial charge in [0, 0.05) is 57.1 Å². The molecule has 1 atom stereocenters. The molecule has 0 aliphatic carbocycles. The van der Waals surface area contributed by atoms with Gasteiger partial charge < -0.3 is 20.6 Å². The standard InChI is InChI=1S/C24H32F3N7O/c1-32(10-11-35)19-4-2-18(3-5-19)13-33-8-6-23(15-33)7-9-34(16-23)22-20(21(28)30-17-31-22)12-29-14-24(25,26)27/h2-5,12,17,35H,6-11,13-16H2,1H3,(H2,28,30,31). The molecule has 8 nitrogen and oxygen atoms in total. The first-order valence-corrected chi connectivity index (χ1v) is 11.7.